The monoisotopic (exact) mass is 519 g/mol. The number of rotatable bonds is 4. The van der Waals surface area contributed by atoms with Gasteiger partial charge in [0.05, 0.1) is 0 Å². The van der Waals surface area contributed by atoms with E-state index in [1.54, 1.807) is 12.1 Å². The first kappa shape index (κ1) is 21.5. The second-order valence-corrected chi connectivity index (χ2v) is 9.88. The predicted molar refractivity (Wildman–Crippen MR) is 114 cm³/mol. The zero-order chi connectivity index (χ0) is 18.7. The molecule has 0 bridgehead atoms. The lowest BCUT2D eigenvalue weighted by Crippen LogP contribution is -2.07. The van der Waals surface area contributed by atoms with Crippen molar-refractivity contribution in [1.29, 1.82) is 0 Å². The Balaban J connectivity index is 2.45. The van der Waals surface area contributed by atoms with Crippen LogP contribution in [-0.4, -0.2) is 5.52 Å². The molecule has 0 fully saturated rings. The summed E-state index contributed by atoms with van der Waals surface area (Å²) < 4.78 is 2.17. The van der Waals surface area contributed by atoms with E-state index in [1.807, 2.05) is 30.3 Å². The molecule has 0 aliphatic rings. The van der Waals surface area contributed by atoms with Crippen LogP contribution in [0.1, 0.15) is 22.3 Å². The maximum Gasteiger partial charge on any atom is 0.216 e. The fraction of sp³-hybridized carbons (Fsp3) is 0.176. The van der Waals surface area contributed by atoms with Crippen LogP contribution in [0.2, 0.25) is 0 Å². The normalized spacial score (nSPS) is 12.6. The highest BCUT2D eigenvalue weighted by Crippen LogP contribution is 2.44. The van der Waals surface area contributed by atoms with E-state index >= 15 is 0 Å². The lowest BCUT2D eigenvalue weighted by molar-refractivity contribution is 0.397. The molecule has 0 spiro atoms. The second kappa shape index (κ2) is 8.93. The number of hydrogen-bond donors (Lipinski definition) is 0. The van der Waals surface area contributed by atoms with E-state index in [2.05, 4.69) is 22.0 Å². The highest BCUT2D eigenvalue weighted by Gasteiger charge is 2.29. The SMILES string of the molecule is ClC(Cl)(Cl)c1[c]c(C=Cc2ccccc2OCBr)cc(C(Cl)(Cl)Cl)c1. The van der Waals surface area contributed by atoms with Crippen molar-refractivity contribution in [3.8, 4) is 5.75 Å². The zero-order valence-corrected chi connectivity index (χ0v) is 18.5. The van der Waals surface area contributed by atoms with Crippen LogP contribution in [0.4, 0.5) is 0 Å². The second-order valence-electron chi connectivity index (χ2n) is 4.86. The summed E-state index contributed by atoms with van der Waals surface area (Å²) in [6.07, 6.45) is 3.62. The minimum Gasteiger partial charge on any atom is -0.482 e. The van der Waals surface area contributed by atoms with Gasteiger partial charge in [-0.15, -0.1) is 0 Å². The van der Waals surface area contributed by atoms with Crippen molar-refractivity contribution in [3.63, 3.8) is 0 Å². The van der Waals surface area contributed by atoms with E-state index in [1.165, 1.54) is 6.07 Å². The number of ether oxygens (including phenoxy) is 1. The average molecular weight is 523 g/mol. The summed E-state index contributed by atoms with van der Waals surface area (Å²) in [4.78, 5) is 0. The van der Waals surface area contributed by atoms with Gasteiger partial charge in [-0.3, -0.25) is 0 Å². The summed E-state index contributed by atoms with van der Waals surface area (Å²) >= 11 is 39.0. The number of halogens is 7. The van der Waals surface area contributed by atoms with Gasteiger partial charge < -0.3 is 4.74 Å². The molecule has 0 aliphatic carbocycles. The van der Waals surface area contributed by atoms with Crippen molar-refractivity contribution in [2.75, 3.05) is 5.52 Å². The fourth-order valence-electron chi connectivity index (χ4n) is 1.99. The Bertz CT molecular complexity index is 732. The van der Waals surface area contributed by atoms with Crippen LogP contribution >= 0.6 is 85.5 Å². The van der Waals surface area contributed by atoms with E-state index < -0.39 is 7.59 Å². The summed E-state index contributed by atoms with van der Waals surface area (Å²) in [6.45, 7) is 0. The van der Waals surface area contributed by atoms with E-state index in [9.17, 15) is 0 Å². The molecule has 0 aromatic heterocycles. The average Bonchev–Trinajstić information content (AvgIpc) is 2.52. The number of para-hydroxylation sites is 1. The highest BCUT2D eigenvalue weighted by atomic mass is 79.9. The van der Waals surface area contributed by atoms with Crippen LogP contribution in [0.5, 0.6) is 5.75 Å². The van der Waals surface area contributed by atoms with Gasteiger partial charge in [0.2, 0.25) is 7.59 Å². The van der Waals surface area contributed by atoms with Crippen molar-refractivity contribution >= 4 is 97.7 Å². The molecule has 1 radical (unpaired) electrons. The summed E-state index contributed by atoms with van der Waals surface area (Å²) in [5, 5.41) is 0. The van der Waals surface area contributed by atoms with Crippen LogP contribution in [0.25, 0.3) is 12.2 Å². The Morgan fingerprint density at radius 1 is 0.960 bits per heavy atom. The van der Waals surface area contributed by atoms with Crippen LogP contribution in [-0.2, 0) is 7.59 Å². The van der Waals surface area contributed by atoms with E-state index in [4.69, 9.17) is 74.3 Å². The molecule has 0 saturated carbocycles. The fourth-order valence-corrected chi connectivity index (χ4v) is 2.87. The minimum absolute atomic E-state index is 0.283. The number of benzene rings is 2. The first-order valence-corrected chi connectivity index (χ1v) is 10.2. The molecule has 0 unspecified atom stereocenters. The van der Waals surface area contributed by atoms with Gasteiger partial charge in [-0.25, -0.2) is 0 Å². The van der Waals surface area contributed by atoms with Crippen LogP contribution < -0.4 is 4.74 Å². The van der Waals surface area contributed by atoms with Gasteiger partial charge in [-0.05, 0) is 45.8 Å². The lowest BCUT2D eigenvalue weighted by Gasteiger charge is -2.17. The van der Waals surface area contributed by atoms with Crippen molar-refractivity contribution in [2.24, 2.45) is 0 Å². The summed E-state index contributed by atoms with van der Waals surface area (Å²) in [6, 6.07) is 13.7. The Labute approximate surface area is 184 Å². The molecule has 0 heterocycles. The van der Waals surface area contributed by atoms with E-state index in [0.29, 0.717) is 16.6 Å². The molecule has 2 rings (SSSR count). The summed E-state index contributed by atoms with van der Waals surface area (Å²) in [5.41, 5.74) is 2.50. The van der Waals surface area contributed by atoms with Gasteiger partial charge in [0.1, 0.15) is 11.3 Å². The van der Waals surface area contributed by atoms with Crippen LogP contribution in [0.3, 0.4) is 0 Å². The Kier molecular flexibility index (Phi) is 7.68. The molecule has 25 heavy (non-hydrogen) atoms. The third-order valence-electron chi connectivity index (χ3n) is 3.09. The van der Waals surface area contributed by atoms with Gasteiger partial charge in [-0.1, -0.05) is 100.0 Å². The number of alkyl halides is 7. The summed E-state index contributed by atoms with van der Waals surface area (Å²) in [7, 11) is 0. The molecule has 0 amide bonds. The largest absolute Gasteiger partial charge is 0.482 e. The first-order valence-electron chi connectivity index (χ1n) is 6.79. The molecule has 0 saturated heterocycles. The maximum atomic E-state index is 5.97. The number of hydrogen-bond acceptors (Lipinski definition) is 1. The smallest absolute Gasteiger partial charge is 0.216 e. The minimum atomic E-state index is -1.69. The van der Waals surface area contributed by atoms with Crippen molar-refractivity contribution in [3.05, 3.63) is 64.7 Å². The van der Waals surface area contributed by atoms with Crippen LogP contribution in [0, 0.1) is 6.07 Å². The topological polar surface area (TPSA) is 9.23 Å². The van der Waals surface area contributed by atoms with Crippen molar-refractivity contribution < 1.29 is 4.74 Å². The molecular formula is C17H10BrCl6O. The predicted octanol–water partition coefficient (Wildman–Crippen LogP) is 8.04. The van der Waals surface area contributed by atoms with E-state index in [0.717, 1.165) is 11.3 Å². The quantitative estimate of drug-likeness (QED) is 0.292. The molecule has 8 heteroatoms. The van der Waals surface area contributed by atoms with Crippen molar-refractivity contribution in [2.45, 2.75) is 7.59 Å². The molecule has 1 nitrogen and oxygen atoms in total. The molecular weight excluding hydrogens is 513 g/mol. The van der Waals surface area contributed by atoms with E-state index in [-0.39, 0.29) is 5.56 Å². The van der Waals surface area contributed by atoms with Gasteiger partial charge in [0.25, 0.3) is 0 Å². The summed E-state index contributed by atoms with van der Waals surface area (Å²) in [5.74, 6) is 0.717. The maximum absolute atomic E-state index is 5.97. The Morgan fingerprint density at radius 3 is 2.24 bits per heavy atom. The van der Waals surface area contributed by atoms with Gasteiger partial charge in [0, 0.05) is 16.7 Å². The van der Waals surface area contributed by atoms with Gasteiger partial charge in [0.15, 0.2) is 0 Å². The van der Waals surface area contributed by atoms with Gasteiger partial charge in [-0.2, -0.15) is 0 Å². The molecule has 2 aromatic rings. The standard InChI is InChI=1S/C17H10BrCl6O/c18-10-25-15-4-2-1-3-12(15)6-5-11-7-13(16(19,20)21)9-14(8-11)17(22,23)24/h1-7,9H,10H2. The molecule has 0 N–H and O–H groups in total. The third kappa shape index (κ3) is 6.39. The molecule has 133 valence electrons. The zero-order valence-electron chi connectivity index (χ0n) is 12.4. The Morgan fingerprint density at radius 2 is 1.64 bits per heavy atom. The first-order chi connectivity index (χ1) is 11.6. The molecule has 0 atom stereocenters. The molecule has 2 aromatic carbocycles. The lowest BCUT2D eigenvalue weighted by atomic mass is 10.1. The molecule has 0 aliphatic heterocycles. The Hall–Kier alpha value is 0.200. The van der Waals surface area contributed by atoms with Gasteiger partial charge >= 0.3 is 0 Å². The van der Waals surface area contributed by atoms with Crippen molar-refractivity contribution in [1.82, 2.24) is 0 Å². The highest BCUT2D eigenvalue weighted by molar-refractivity contribution is 9.09. The third-order valence-corrected chi connectivity index (χ3v) is 4.59. The van der Waals surface area contributed by atoms with Crippen LogP contribution in [0.15, 0.2) is 36.4 Å².